The average Bonchev–Trinajstić information content (AvgIpc) is 3.15. The van der Waals surface area contributed by atoms with Gasteiger partial charge in [0.2, 0.25) is 17.7 Å². The molecule has 2 heterocycles. The number of hydrogen-bond donors (Lipinski definition) is 1. The Labute approximate surface area is 154 Å². The van der Waals surface area contributed by atoms with Crippen LogP contribution in [0.4, 0.5) is 0 Å². The number of hydrogen-bond acceptors (Lipinski definition) is 5. The van der Waals surface area contributed by atoms with Crippen LogP contribution in [0.5, 0.6) is 0 Å². The van der Waals surface area contributed by atoms with E-state index in [0.717, 1.165) is 20.1 Å². The molecular weight excluding hydrogens is 350 g/mol. The van der Waals surface area contributed by atoms with E-state index >= 15 is 0 Å². The van der Waals surface area contributed by atoms with Gasteiger partial charge in [-0.05, 0) is 18.1 Å². The van der Waals surface area contributed by atoms with E-state index < -0.39 is 17.8 Å². The van der Waals surface area contributed by atoms with Crippen molar-refractivity contribution >= 4 is 39.3 Å². The number of benzene rings is 1. The van der Waals surface area contributed by atoms with Gasteiger partial charge in [0.25, 0.3) is 0 Å². The van der Waals surface area contributed by atoms with Gasteiger partial charge in [0.1, 0.15) is 5.01 Å². The smallest absolute Gasteiger partial charge is 0.236 e. The zero-order chi connectivity index (χ0) is 18.4. The van der Waals surface area contributed by atoms with Crippen LogP contribution in [0.3, 0.4) is 0 Å². The molecule has 1 aromatic carbocycles. The summed E-state index contributed by atoms with van der Waals surface area (Å²) in [6, 6.07) is 7.82. The number of likely N-dealkylation sites (tertiary alicyclic amines) is 1. The first-order chi connectivity index (χ1) is 12.5. The van der Waals surface area contributed by atoms with E-state index in [1.807, 2.05) is 37.3 Å². The van der Waals surface area contributed by atoms with Gasteiger partial charge in [-0.3, -0.25) is 19.3 Å². The predicted molar refractivity (Wildman–Crippen MR) is 98.0 cm³/mol. The van der Waals surface area contributed by atoms with Crippen LogP contribution < -0.4 is 5.32 Å². The number of carbonyl (C=O) groups excluding carboxylic acids is 3. The molecule has 4 rings (SSSR count). The standard InChI is InChI=1S/C19H19N3O3S/c1-10-7-8-11-16(19(25)22(2)18(11)24)15(10)17(23)20-9-14-21-12-5-3-4-6-13(12)26-14/h3-8,10-11,15-16H,9H2,1-2H3,(H,20,23). The summed E-state index contributed by atoms with van der Waals surface area (Å²) in [4.78, 5) is 43.2. The number of allylic oxidation sites excluding steroid dienone is 1. The molecule has 0 spiro atoms. The molecule has 0 saturated carbocycles. The summed E-state index contributed by atoms with van der Waals surface area (Å²) in [6.07, 6.45) is 3.64. The first-order valence-corrected chi connectivity index (χ1v) is 9.41. The molecule has 0 bridgehead atoms. The van der Waals surface area contributed by atoms with E-state index in [0.29, 0.717) is 6.54 Å². The van der Waals surface area contributed by atoms with E-state index in [9.17, 15) is 14.4 Å². The molecule has 4 unspecified atom stereocenters. The maximum absolute atomic E-state index is 12.8. The summed E-state index contributed by atoms with van der Waals surface area (Å²) >= 11 is 1.54. The number of thiazole rings is 1. The molecule has 134 valence electrons. The minimum absolute atomic E-state index is 0.102. The predicted octanol–water partition coefficient (Wildman–Crippen LogP) is 1.97. The average molecular weight is 369 g/mol. The zero-order valence-electron chi connectivity index (χ0n) is 14.5. The van der Waals surface area contributed by atoms with E-state index in [-0.39, 0.29) is 23.6 Å². The Morgan fingerprint density at radius 3 is 2.77 bits per heavy atom. The normalized spacial score (nSPS) is 27.8. The van der Waals surface area contributed by atoms with Crippen LogP contribution in [0.2, 0.25) is 0 Å². The fraction of sp³-hybridized carbons (Fsp3) is 0.368. The molecule has 1 N–H and O–H groups in total. The fourth-order valence-electron chi connectivity index (χ4n) is 3.86. The molecule has 1 aromatic heterocycles. The highest BCUT2D eigenvalue weighted by molar-refractivity contribution is 7.18. The lowest BCUT2D eigenvalue weighted by Crippen LogP contribution is -2.43. The molecule has 1 aliphatic heterocycles. The molecule has 6 nitrogen and oxygen atoms in total. The minimum atomic E-state index is -0.608. The third-order valence-electron chi connectivity index (χ3n) is 5.25. The Balaban J connectivity index is 1.52. The number of para-hydroxylation sites is 1. The van der Waals surface area contributed by atoms with Crippen molar-refractivity contribution in [3.8, 4) is 0 Å². The first kappa shape index (κ1) is 16.9. The summed E-state index contributed by atoms with van der Waals surface area (Å²) in [5.74, 6) is -2.48. The highest BCUT2D eigenvalue weighted by Crippen LogP contribution is 2.40. The van der Waals surface area contributed by atoms with Crippen LogP contribution >= 0.6 is 11.3 Å². The Bertz CT molecular complexity index is 902. The summed E-state index contributed by atoms with van der Waals surface area (Å²) < 4.78 is 1.07. The SMILES string of the molecule is CC1C=CC2C(=O)N(C)C(=O)C2C1C(=O)NCc1nc2ccccc2s1. The van der Waals surface area contributed by atoms with E-state index in [2.05, 4.69) is 10.3 Å². The second-order valence-corrected chi connectivity index (χ2v) is 7.97. The Hall–Kier alpha value is -2.54. The highest BCUT2D eigenvalue weighted by Gasteiger charge is 2.53. The van der Waals surface area contributed by atoms with Gasteiger partial charge in [0.05, 0.1) is 34.5 Å². The number of rotatable bonds is 3. The first-order valence-electron chi connectivity index (χ1n) is 8.59. The molecule has 1 saturated heterocycles. The molecular formula is C19H19N3O3S. The molecule has 7 heteroatoms. The Morgan fingerprint density at radius 1 is 1.23 bits per heavy atom. The summed E-state index contributed by atoms with van der Waals surface area (Å²) in [7, 11) is 1.48. The number of carbonyl (C=O) groups is 3. The van der Waals surface area contributed by atoms with Crippen LogP contribution in [0, 0.1) is 23.7 Å². The van der Waals surface area contributed by atoms with E-state index in [4.69, 9.17) is 0 Å². The number of fused-ring (bicyclic) bond motifs is 2. The Morgan fingerprint density at radius 2 is 2.00 bits per heavy atom. The largest absolute Gasteiger partial charge is 0.349 e. The van der Waals surface area contributed by atoms with Gasteiger partial charge in [-0.2, -0.15) is 0 Å². The monoisotopic (exact) mass is 369 g/mol. The van der Waals surface area contributed by atoms with Gasteiger partial charge in [0.15, 0.2) is 0 Å². The van der Waals surface area contributed by atoms with Crippen LogP contribution in [0.1, 0.15) is 11.9 Å². The van der Waals surface area contributed by atoms with Crippen LogP contribution in [-0.4, -0.2) is 34.7 Å². The molecule has 0 radical (unpaired) electrons. The second kappa shape index (κ2) is 6.32. The summed E-state index contributed by atoms with van der Waals surface area (Å²) in [5, 5.41) is 3.74. The van der Waals surface area contributed by atoms with Gasteiger partial charge in [-0.25, -0.2) is 4.98 Å². The maximum atomic E-state index is 12.8. The maximum Gasteiger partial charge on any atom is 0.236 e. The van der Waals surface area contributed by atoms with Crippen molar-refractivity contribution in [3.05, 3.63) is 41.4 Å². The molecule has 1 aliphatic carbocycles. The van der Waals surface area contributed by atoms with Gasteiger partial charge in [-0.15, -0.1) is 11.3 Å². The zero-order valence-corrected chi connectivity index (χ0v) is 15.3. The molecule has 4 atom stereocenters. The lowest BCUT2D eigenvalue weighted by atomic mass is 9.71. The number of amides is 3. The number of nitrogens with zero attached hydrogens (tertiary/aromatic N) is 2. The quantitative estimate of drug-likeness (QED) is 0.663. The van der Waals surface area contributed by atoms with E-state index in [1.54, 1.807) is 6.08 Å². The molecule has 3 amide bonds. The lowest BCUT2D eigenvalue weighted by Gasteiger charge is -2.30. The number of imide groups is 1. The summed E-state index contributed by atoms with van der Waals surface area (Å²) in [6.45, 7) is 2.23. The van der Waals surface area contributed by atoms with Crippen molar-refractivity contribution in [1.82, 2.24) is 15.2 Å². The number of nitrogens with one attached hydrogen (secondary N) is 1. The molecule has 1 fully saturated rings. The van der Waals surface area contributed by atoms with Crippen molar-refractivity contribution in [2.75, 3.05) is 7.05 Å². The van der Waals surface area contributed by atoms with Gasteiger partial charge in [0, 0.05) is 7.05 Å². The van der Waals surface area contributed by atoms with Crippen LogP contribution in [0.25, 0.3) is 10.2 Å². The molecule has 2 aromatic rings. The molecule has 26 heavy (non-hydrogen) atoms. The Kier molecular flexibility index (Phi) is 4.11. The number of aromatic nitrogens is 1. The third-order valence-corrected chi connectivity index (χ3v) is 6.28. The third kappa shape index (κ3) is 2.63. The lowest BCUT2D eigenvalue weighted by molar-refractivity contribution is -0.141. The van der Waals surface area contributed by atoms with Crippen LogP contribution in [-0.2, 0) is 20.9 Å². The van der Waals surface area contributed by atoms with E-state index in [1.165, 1.54) is 18.4 Å². The van der Waals surface area contributed by atoms with Crippen molar-refractivity contribution in [2.45, 2.75) is 13.5 Å². The van der Waals surface area contributed by atoms with Crippen molar-refractivity contribution in [1.29, 1.82) is 0 Å². The topological polar surface area (TPSA) is 79.4 Å². The molecule has 2 aliphatic rings. The van der Waals surface area contributed by atoms with Crippen LogP contribution in [0.15, 0.2) is 36.4 Å². The van der Waals surface area contributed by atoms with Crippen molar-refractivity contribution in [3.63, 3.8) is 0 Å². The highest BCUT2D eigenvalue weighted by atomic mass is 32.1. The van der Waals surface area contributed by atoms with Gasteiger partial charge >= 0.3 is 0 Å². The van der Waals surface area contributed by atoms with Gasteiger partial charge in [-0.1, -0.05) is 31.2 Å². The minimum Gasteiger partial charge on any atom is -0.349 e. The van der Waals surface area contributed by atoms with Crippen molar-refractivity contribution in [2.24, 2.45) is 23.7 Å². The fourth-order valence-corrected chi connectivity index (χ4v) is 4.77. The van der Waals surface area contributed by atoms with Gasteiger partial charge < -0.3 is 5.32 Å². The summed E-state index contributed by atoms with van der Waals surface area (Å²) in [5.41, 5.74) is 0.911. The second-order valence-electron chi connectivity index (χ2n) is 6.85. The van der Waals surface area contributed by atoms with Crippen molar-refractivity contribution < 1.29 is 14.4 Å².